The maximum absolute atomic E-state index is 6.12. The Labute approximate surface area is 191 Å². The van der Waals surface area contributed by atoms with Crippen molar-refractivity contribution < 1.29 is 4.74 Å². The number of nitrogens with one attached hydrogen (secondary N) is 2. The largest absolute Gasteiger partial charge is 0.490 e. The molecule has 160 valence electrons. The molecule has 2 aromatic carbocycles. The Bertz CT molecular complexity index is 1450. The van der Waals surface area contributed by atoms with Gasteiger partial charge in [0.25, 0.3) is 0 Å². The summed E-state index contributed by atoms with van der Waals surface area (Å²) in [6.45, 7) is 2.59. The summed E-state index contributed by atoms with van der Waals surface area (Å²) >= 11 is 0. The lowest BCUT2D eigenvalue weighted by Crippen LogP contribution is -1.92. The van der Waals surface area contributed by atoms with E-state index < -0.39 is 0 Å². The van der Waals surface area contributed by atoms with Crippen LogP contribution < -0.4 is 4.74 Å². The van der Waals surface area contributed by atoms with Crippen LogP contribution in [0.4, 0.5) is 0 Å². The molecule has 0 fully saturated rings. The molecule has 3 aromatic heterocycles. The molecule has 6 bridgehead atoms. The maximum Gasteiger partial charge on any atom is 0.166 e. The molecule has 4 heterocycles. The van der Waals surface area contributed by atoms with E-state index in [1.165, 1.54) is 0 Å². The zero-order chi connectivity index (χ0) is 22.2. The van der Waals surface area contributed by atoms with Crippen LogP contribution in [0.3, 0.4) is 0 Å². The molecular formula is C29H23N3O. The fourth-order valence-electron chi connectivity index (χ4n) is 4.52. The van der Waals surface area contributed by atoms with Gasteiger partial charge in [-0.15, -0.1) is 0 Å². The van der Waals surface area contributed by atoms with Crippen molar-refractivity contribution in [2.45, 2.75) is 6.92 Å². The second-order valence-electron chi connectivity index (χ2n) is 8.03. The van der Waals surface area contributed by atoms with Gasteiger partial charge in [0.05, 0.1) is 29.0 Å². The van der Waals surface area contributed by atoms with E-state index in [9.17, 15) is 0 Å². The average molecular weight is 430 g/mol. The van der Waals surface area contributed by atoms with Gasteiger partial charge in [-0.2, -0.15) is 0 Å². The second-order valence-corrected chi connectivity index (χ2v) is 8.03. The molecule has 5 aromatic rings. The first-order chi connectivity index (χ1) is 16.3. The van der Waals surface area contributed by atoms with Gasteiger partial charge in [-0.3, -0.25) is 0 Å². The number of ether oxygens (including phenoxy) is 1. The molecule has 0 aliphatic carbocycles. The molecule has 0 atom stereocenters. The molecule has 4 nitrogen and oxygen atoms in total. The van der Waals surface area contributed by atoms with Crippen molar-refractivity contribution in [1.82, 2.24) is 15.0 Å². The standard InChI is InChI=1S/C29H23N3O/c1-2-33-29-25-17-15-23(31-25)27(19-9-5-3-6-10-19)21-13-14-22(30-21)28(20-11-7-4-8-12-20)24-16-18-26(29)32-24/h3-18,31-32H,2H2,1H3. The lowest BCUT2D eigenvalue weighted by molar-refractivity contribution is 0.347. The van der Waals surface area contributed by atoms with Gasteiger partial charge in [-0.1, -0.05) is 60.7 Å². The van der Waals surface area contributed by atoms with Crippen LogP contribution in [-0.4, -0.2) is 21.6 Å². The minimum atomic E-state index is 0.578. The first kappa shape index (κ1) is 19.4. The predicted octanol–water partition coefficient (Wildman–Crippen LogP) is 7.39. The third-order valence-electron chi connectivity index (χ3n) is 5.97. The Hall–Kier alpha value is -4.31. The Morgan fingerprint density at radius 3 is 1.52 bits per heavy atom. The SMILES string of the molecule is CCOc1c2ccc([nH]2)c(-c2ccccc2)c2nc(c(-c3ccccc3)c3ccc1[nH]3)C=C2. The van der Waals surface area contributed by atoms with Crippen molar-refractivity contribution in [2.75, 3.05) is 6.61 Å². The van der Waals surface area contributed by atoms with Gasteiger partial charge in [0.2, 0.25) is 0 Å². The van der Waals surface area contributed by atoms with E-state index >= 15 is 0 Å². The van der Waals surface area contributed by atoms with Crippen molar-refractivity contribution in [2.24, 2.45) is 0 Å². The van der Waals surface area contributed by atoms with Crippen LogP contribution >= 0.6 is 0 Å². The lowest BCUT2D eigenvalue weighted by atomic mass is 10.0. The number of fused-ring (bicyclic) bond motifs is 6. The lowest BCUT2D eigenvalue weighted by Gasteiger charge is -2.06. The molecule has 1 aliphatic heterocycles. The summed E-state index contributed by atoms with van der Waals surface area (Å²) in [7, 11) is 0. The highest BCUT2D eigenvalue weighted by atomic mass is 16.5. The molecule has 0 radical (unpaired) electrons. The van der Waals surface area contributed by atoms with Gasteiger partial charge < -0.3 is 14.7 Å². The number of nitrogens with zero attached hydrogens (tertiary/aromatic N) is 1. The highest BCUT2D eigenvalue weighted by Gasteiger charge is 2.16. The summed E-state index contributed by atoms with van der Waals surface area (Å²) in [6, 6.07) is 29.2. The highest BCUT2D eigenvalue weighted by Crippen LogP contribution is 2.36. The summed E-state index contributed by atoms with van der Waals surface area (Å²) in [4.78, 5) is 12.3. The predicted molar refractivity (Wildman–Crippen MR) is 137 cm³/mol. The Kier molecular flexibility index (Phi) is 4.69. The summed E-state index contributed by atoms with van der Waals surface area (Å²) in [6.07, 6.45) is 4.21. The van der Waals surface area contributed by atoms with Crippen molar-refractivity contribution in [3.05, 3.63) is 96.3 Å². The number of aromatic amines is 2. The summed E-state index contributed by atoms with van der Waals surface area (Å²) < 4.78 is 6.12. The van der Waals surface area contributed by atoms with Gasteiger partial charge in [0.1, 0.15) is 0 Å². The first-order valence-corrected chi connectivity index (χ1v) is 11.2. The normalized spacial score (nSPS) is 11.8. The molecule has 0 amide bonds. The van der Waals surface area contributed by atoms with Crippen LogP contribution in [-0.2, 0) is 0 Å². The fourth-order valence-corrected chi connectivity index (χ4v) is 4.52. The minimum Gasteiger partial charge on any atom is -0.490 e. The maximum atomic E-state index is 6.12. The van der Waals surface area contributed by atoms with Crippen LogP contribution in [0, 0.1) is 0 Å². The van der Waals surface area contributed by atoms with E-state index in [-0.39, 0.29) is 0 Å². The van der Waals surface area contributed by atoms with Crippen molar-refractivity contribution in [3.8, 4) is 28.0 Å². The van der Waals surface area contributed by atoms with E-state index in [0.717, 1.165) is 61.5 Å². The van der Waals surface area contributed by atoms with Gasteiger partial charge in [0.15, 0.2) is 5.75 Å². The summed E-state index contributed by atoms with van der Waals surface area (Å²) in [5, 5.41) is 0. The van der Waals surface area contributed by atoms with E-state index in [1.54, 1.807) is 0 Å². The van der Waals surface area contributed by atoms with E-state index in [1.807, 2.05) is 19.1 Å². The third-order valence-corrected chi connectivity index (χ3v) is 5.97. The number of benzene rings is 2. The highest BCUT2D eigenvalue weighted by molar-refractivity contribution is 5.96. The van der Waals surface area contributed by atoms with Crippen LogP contribution in [0.15, 0.2) is 84.9 Å². The summed E-state index contributed by atoms with van der Waals surface area (Å²) in [5.74, 6) is 0.808. The monoisotopic (exact) mass is 429 g/mol. The molecule has 0 unspecified atom stereocenters. The average Bonchev–Trinajstić information content (AvgIpc) is 3.62. The molecular weight excluding hydrogens is 406 g/mol. The minimum absolute atomic E-state index is 0.578. The first-order valence-electron chi connectivity index (χ1n) is 11.2. The van der Waals surface area contributed by atoms with Crippen LogP contribution in [0.1, 0.15) is 18.3 Å². The van der Waals surface area contributed by atoms with Crippen molar-refractivity contribution in [1.29, 1.82) is 0 Å². The van der Waals surface area contributed by atoms with Gasteiger partial charge >= 0.3 is 0 Å². The molecule has 2 N–H and O–H groups in total. The Balaban J connectivity index is 1.80. The van der Waals surface area contributed by atoms with Crippen LogP contribution in [0.2, 0.25) is 0 Å². The van der Waals surface area contributed by atoms with E-state index in [2.05, 4.69) is 94.9 Å². The third kappa shape index (κ3) is 3.37. The zero-order valence-electron chi connectivity index (χ0n) is 18.3. The fraction of sp³-hybridized carbons (Fsp3) is 0.0690. The van der Waals surface area contributed by atoms with Gasteiger partial charge in [-0.25, -0.2) is 4.98 Å². The topological polar surface area (TPSA) is 53.7 Å². The molecule has 0 spiro atoms. The number of aromatic nitrogens is 3. The van der Waals surface area contributed by atoms with Crippen LogP contribution in [0.25, 0.3) is 56.5 Å². The van der Waals surface area contributed by atoms with Crippen molar-refractivity contribution >= 4 is 34.2 Å². The van der Waals surface area contributed by atoms with E-state index in [0.29, 0.717) is 6.61 Å². The zero-order valence-corrected chi connectivity index (χ0v) is 18.3. The van der Waals surface area contributed by atoms with Crippen LogP contribution in [0.5, 0.6) is 5.75 Å². The molecule has 33 heavy (non-hydrogen) atoms. The van der Waals surface area contributed by atoms with Gasteiger partial charge in [-0.05, 0) is 54.5 Å². The smallest absolute Gasteiger partial charge is 0.166 e. The molecule has 0 saturated carbocycles. The number of H-pyrrole nitrogens is 2. The molecule has 6 rings (SSSR count). The van der Waals surface area contributed by atoms with Gasteiger partial charge in [0, 0.05) is 22.2 Å². The van der Waals surface area contributed by atoms with E-state index in [4.69, 9.17) is 9.72 Å². The van der Waals surface area contributed by atoms with Crippen molar-refractivity contribution in [3.63, 3.8) is 0 Å². The quantitative estimate of drug-likeness (QED) is 0.307. The summed E-state index contributed by atoms with van der Waals surface area (Å²) in [5.41, 5.74) is 10.1. The number of hydrogen-bond donors (Lipinski definition) is 2. The molecule has 1 aliphatic rings. The Morgan fingerprint density at radius 2 is 1.06 bits per heavy atom. The second kappa shape index (κ2) is 7.99. The molecule has 0 saturated heterocycles. The molecule has 4 heteroatoms. The Morgan fingerprint density at radius 1 is 0.606 bits per heavy atom. The number of hydrogen-bond acceptors (Lipinski definition) is 2. The number of rotatable bonds is 4.